The predicted octanol–water partition coefficient (Wildman–Crippen LogP) is 1.83. The maximum atomic E-state index is 5.68. The van der Waals surface area contributed by atoms with Gasteiger partial charge in [0.05, 0.1) is 0 Å². The van der Waals surface area contributed by atoms with E-state index < -0.39 is 0 Å². The fraction of sp³-hybridized carbons (Fsp3) is 0.636. The number of hydrogen-bond donors (Lipinski definition) is 1. The highest BCUT2D eigenvalue weighted by Crippen LogP contribution is 2.27. The van der Waals surface area contributed by atoms with Crippen molar-refractivity contribution in [2.45, 2.75) is 45.2 Å². The average Bonchev–Trinajstić information content (AvgIpc) is 2.17. The molecule has 4 heteroatoms. The van der Waals surface area contributed by atoms with Gasteiger partial charge in [0.15, 0.2) is 0 Å². The zero-order chi connectivity index (χ0) is 10.8. The van der Waals surface area contributed by atoms with Gasteiger partial charge in [-0.15, -0.1) is 0 Å². The van der Waals surface area contributed by atoms with Crippen LogP contribution in [0.3, 0.4) is 0 Å². The highest BCUT2D eigenvalue weighted by atomic mass is 15.2. The summed E-state index contributed by atoms with van der Waals surface area (Å²) in [6.07, 6.45) is 5.31. The molecule has 1 aromatic heterocycles. The van der Waals surface area contributed by atoms with Crippen LogP contribution in [0.2, 0.25) is 0 Å². The van der Waals surface area contributed by atoms with E-state index >= 15 is 0 Å². The van der Waals surface area contributed by atoms with Gasteiger partial charge in [-0.2, -0.15) is 0 Å². The molecule has 0 saturated carbocycles. The van der Waals surface area contributed by atoms with Gasteiger partial charge in [-0.05, 0) is 33.1 Å². The van der Waals surface area contributed by atoms with Crippen molar-refractivity contribution in [1.82, 2.24) is 9.97 Å². The molecule has 2 heterocycles. The number of aromatic nitrogens is 2. The Morgan fingerprint density at radius 2 is 1.93 bits per heavy atom. The number of rotatable bonds is 1. The highest BCUT2D eigenvalue weighted by molar-refractivity contribution is 5.47. The van der Waals surface area contributed by atoms with Gasteiger partial charge < -0.3 is 10.6 Å². The van der Waals surface area contributed by atoms with Crippen LogP contribution >= 0.6 is 0 Å². The van der Waals surface area contributed by atoms with Crippen molar-refractivity contribution in [3.05, 3.63) is 12.4 Å². The van der Waals surface area contributed by atoms with Crippen molar-refractivity contribution < 1.29 is 0 Å². The minimum absolute atomic E-state index is 0.544. The lowest BCUT2D eigenvalue weighted by molar-refractivity contribution is 0.411. The van der Waals surface area contributed by atoms with E-state index in [2.05, 4.69) is 28.7 Å². The van der Waals surface area contributed by atoms with E-state index in [4.69, 9.17) is 5.73 Å². The normalized spacial score (nSPS) is 26.7. The number of anilines is 2. The van der Waals surface area contributed by atoms with Gasteiger partial charge in [-0.3, -0.25) is 0 Å². The number of hydrogen-bond acceptors (Lipinski definition) is 4. The first-order valence-electron chi connectivity index (χ1n) is 5.54. The molecule has 0 aliphatic carbocycles. The van der Waals surface area contributed by atoms with Crippen molar-refractivity contribution in [2.75, 3.05) is 10.6 Å². The molecule has 2 atom stereocenters. The van der Waals surface area contributed by atoms with Gasteiger partial charge in [-0.25, -0.2) is 9.97 Å². The van der Waals surface area contributed by atoms with Crippen LogP contribution in [0.4, 0.5) is 11.6 Å². The topological polar surface area (TPSA) is 55.0 Å². The fourth-order valence-corrected chi connectivity index (χ4v) is 2.38. The van der Waals surface area contributed by atoms with Crippen molar-refractivity contribution in [2.24, 2.45) is 0 Å². The summed E-state index contributed by atoms with van der Waals surface area (Å²) >= 11 is 0. The zero-order valence-electron chi connectivity index (χ0n) is 9.35. The summed E-state index contributed by atoms with van der Waals surface area (Å²) in [5.74, 6) is 1.51. The van der Waals surface area contributed by atoms with Gasteiger partial charge in [0.1, 0.15) is 18.0 Å². The predicted molar refractivity (Wildman–Crippen MR) is 61.7 cm³/mol. The first kappa shape index (κ1) is 10.2. The quantitative estimate of drug-likeness (QED) is 0.761. The number of piperidine rings is 1. The van der Waals surface area contributed by atoms with Crippen LogP contribution in [0.25, 0.3) is 0 Å². The lowest BCUT2D eigenvalue weighted by atomic mass is 9.97. The van der Waals surface area contributed by atoms with E-state index in [0.717, 1.165) is 5.82 Å². The van der Waals surface area contributed by atoms with E-state index in [1.165, 1.54) is 19.3 Å². The summed E-state index contributed by atoms with van der Waals surface area (Å²) in [5.41, 5.74) is 5.68. The second kappa shape index (κ2) is 4.04. The molecule has 15 heavy (non-hydrogen) atoms. The molecule has 1 aliphatic rings. The molecule has 0 bridgehead atoms. The van der Waals surface area contributed by atoms with Crippen molar-refractivity contribution >= 4 is 11.6 Å². The third-order valence-electron chi connectivity index (χ3n) is 3.13. The lowest BCUT2D eigenvalue weighted by Crippen LogP contribution is -2.44. The Kier molecular flexibility index (Phi) is 2.75. The summed E-state index contributed by atoms with van der Waals surface area (Å²) in [7, 11) is 0. The van der Waals surface area contributed by atoms with Crippen molar-refractivity contribution in [1.29, 1.82) is 0 Å². The van der Waals surface area contributed by atoms with E-state index in [9.17, 15) is 0 Å². The lowest BCUT2D eigenvalue weighted by Gasteiger charge is -2.39. The summed E-state index contributed by atoms with van der Waals surface area (Å²) < 4.78 is 0. The molecule has 1 saturated heterocycles. The summed E-state index contributed by atoms with van der Waals surface area (Å²) in [4.78, 5) is 10.6. The largest absolute Gasteiger partial charge is 0.384 e. The molecule has 0 spiro atoms. The van der Waals surface area contributed by atoms with E-state index in [1.807, 2.05) is 6.07 Å². The van der Waals surface area contributed by atoms with E-state index in [-0.39, 0.29) is 0 Å². The molecule has 2 N–H and O–H groups in total. The first-order valence-corrected chi connectivity index (χ1v) is 5.54. The molecular weight excluding hydrogens is 188 g/mol. The minimum atomic E-state index is 0.544. The minimum Gasteiger partial charge on any atom is -0.384 e. The Hall–Kier alpha value is -1.32. The average molecular weight is 206 g/mol. The van der Waals surface area contributed by atoms with Crippen molar-refractivity contribution in [3.63, 3.8) is 0 Å². The first-order chi connectivity index (χ1) is 7.18. The van der Waals surface area contributed by atoms with Crippen LogP contribution in [0.1, 0.15) is 33.1 Å². The van der Waals surface area contributed by atoms with Crippen LogP contribution < -0.4 is 10.6 Å². The van der Waals surface area contributed by atoms with Crippen LogP contribution in [0, 0.1) is 0 Å². The van der Waals surface area contributed by atoms with Crippen molar-refractivity contribution in [3.8, 4) is 0 Å². The summed E-state index contributed by atoms with van der Waals surface area (Å²) in [6.45, 7) is 4.49. The third-order valence-corrected chi connectivity index (χ3v) is 3.13. The molecule has 1 fully saturated rings. The number of nitrogens with zero attached hydrogens (tertiary/aromatic N) is 3. The molecule has 0 radical (unpaired) electrons. The Balaban J connectivity index is 2.27. The molecule has 82 valence electrons. The van der Waals surface area contributed by atoms with Crippen LogP contribution in [0.15, 0.2) is 12.4 Å². The highest BCUT2D eigenvalue weighted by Gasteiger charge is 2.25. The van der Waals surface area contributed by atoms with Gasteiger partial charge in [0.2, 0.25) is 0 Å². The van der Waals surface area contributed by atoms with Crippen LogP contribution in [-0.4, -0.2) is 22.1 Å². The SMILES string of the molecule is CC1CCCC(C)N1c1cc(N)ncn1. The Bertz CT molecular complexity index is 329. The monoisotopic (exact) mass is 206 g/mol. The summed E-state index contributed by atoms with van der Waals surface area (Å²) in [6, 6.07) is 2.95. The van der Waals surface area contributed by atoms with Gasteiger partial charge in [-0.1, -0.05) is 0 Å². The Labute approximate surface area is 90.5 Å². The van der Waals surface area contributed by atoms with Gasteiger partial charge in [0, 0.05) is 18.2 Å². The smallest absolute Gasteiger partial charge is 0.134 e. The van der Waals surface area contributed by atoms with E-state index in [0.29, 0.717) is 17.9 Å². The molecule has 0 aromatic carbocycles. The fourth-order valence-electron chi connectivity index (χ4n) is 2.38. The van der Waals surface area contributed by atoms with Gasteiger partial charge >= 0.3 is 0 Å². The van der Waals surface area contributed by atoms with Crippen LogP contribution in [0.5, 0.6) is 0 Å². The molecule has 1 aromatic rings. The maximum Gasteiger partial charge on any atom is 0.134 e. The van der Waals surface area contributed by atoms with E-state index in [1.54, 1.807) is 6.33 Å². The Morgan fingerprint density at radius 3 is 2.53 bits per heavy atom. The number of nitrogens with two attached hydrogens (primary N) is 1. The molecule has 2 rings (SSSR count). The second-order valence-corrected chi connectivity index (χ2v) is 4.34. The standard InChI is InChI=1S/C11H18N4/c1-8-4-3-5-9(2)15(8)11-6-10(12)13-7-14-11/h6-9H,3-5H2,1-2H3,(H2,12,13,14). The number of nitrogen functional groups attached to an aromatic ring is 1. The molecule has 4 nitrogen and oxygen atoms in total. The summed E-state index contributed by atoms with van der Waals surface area (Å²) in [5, 5.41) is 0. The second-order valence-electron chi connectivity index (χ2n) is 4.34. The molecular formula is C11H18N4. The third kappa shape index (κ3) is 2.03. The molecule has 0 amide bonds. The Morgan fingerprint density at radius 1 is 1.27 bits per heavy atom. The maximum absolute atomic E-state index is 5.68. The molecule has 1 aliphatic heterocycles. The molecule has 2 unspecified atom stereocenters. The van der Waals surface area contributed by atoms with Gasteiger partial charge in [0.25, 0.3) is 0 Å². The zero-order valence-corrected chi connectivity index (χ0v) is 9.35. The van der Waals surface area contributed by atoms with Crippen LogP contribution in [-0.2, 0) is 0 Å².